The van der Waals surface area contributed by atoms with Crippen LogP contribution < -0.4 is 10.6 Å². The molecule has 0 saturated heterocycles. The van der Waals surface area contributed by atoms with Crippen LogP contribution in [0.25, 0.3) is 0 Å². The fraction of sp³-hybridized carbons (Fsp3) is 0.200. The lowest BCUT2D eigenvalue weighted by Gasteiger charge is -2.19. The smallest absolute Gasteiger partial charge is 0.307 e. The van der Waals surface area contributed by atoms with Crippen LogP contribution in [0.15, 0.2) is 18.2 Å². The first-order valence-electron chi connectivity index (χ1n) is 4.53. The minimum Gasteiger partial charge on any atom is -0.481 e. The van der Waals surface area contributed by atoms with Gasteiger partial charge in [0.05, 0.1) is 24.3 Å². The van der Waals surface area contributed by atoms with Crippen LogP contribution in [0.1, 0.15) is 5.56 Å². The van der Waals surface area contributed by atoms with Crippen LogP contribution in [0.5, 0.6) is 0 Å². The first kappa shape index (κ1) is 9.51. The first-order valence-corrected chi connectivity index (χ1v) is 4.53. The van der Waals surface area contributed by atoms with Gasteiger partial charge in [-0.2, -0.15) is 0 Å². The molecule has 0 aromatic heterocycles. The van der Waals surface area contributed by atoms with Gasteiger partial charge in [-0.3, -0.25) is 9.59 Å². The molecule has 0 fully saturated rings. The highest BCUT2D eigenvalue weighted by atomic mass is 16.4. The Morgan fingerprint density at radius 1 is 1.40 bits per heavy atom. The molecule has 1 aliphatic heterocycles. The van der Waals surface area contributed by atoms with E-state index in [1.807, 2.05) is 0 Å². The number of carbonyl (C=O) groups excluding carboxylic acids is 1. The third-order valence-electron chi connectivity index (χ3n) is 2.15. The van der Waals surface area contributed by atoms with E-state index < -0.39 is 5.97 Å². The van der Waals surface area contributed by atoms with Gasteiger partial charge in [0.15, 0.2) is 0 Å². The van der Waals surface area contributed by atoms with Crippen LogP contribution in [0, 0.1) is 0 Å². The van der Waals surface area contributed by atoms with E-state index in [0.717, 1.165) is 5.69 Å². The largest absolute Gasteiger partial charge is 0.481 e. The summed E-state index contributed by atoms with van der Waals surface area (Å²) in [4.78, 5) is 21.5. The summed E-state index contributed by atoms with van der Waals surface area (Å²) in [6.07, 6.45) is -0.0110. The van der Waals surface area contributed by atoms with E-state index in [0.29, 0.717) is 11.3 Å². The number of anilines is 2. The number of benzene rings is 1. The van der Waals surface area contributed by atoms with E-state index in [2.05, 4.69) is 10.6 Å². The number of rotatable bonds is 2. The molecule has 1 amide bonds. The van der Waals surface area contributed by atoms with E-state index in [4.69, 9.17) is 5.11 Å². The summed E-state index contributed by atoms with van der Waals surface area (Å²) in [5.74, 6) is -0.955. The summed E-state index contributed by atoms with van der Waals surface area (Å²) in [7, 11) is 0. The number of carboxylic acids is 1. The lowest BCUT2D eigenvalue weighted by Crippen LogP contribution is -2.27. The molecule has 78 valence electrons. The molecule has 0 spiro atoms. The average Bonchev–Trinajstić information content (AvgIpc) is 2.17. The highest BCUT2D eigenvalue weighted by Crippen LogP contribution is 2.25. The number of hydrogen-bond donors (Lipinski definition) is 3. The minimum absolute atomic E-state index is 0.0110. The molecule has 0 atom stereocenters. The Balaban J connectivity index is 2.26. The lowest BCUT2D eigenvalue weighted by atomic mass is 10.1. The zero-order valence-corrected chi connectivity index (χ0v) is 7.91. The topological polar surface area (TPSA) is 78.4 Å². The van der Waals surface area contributed by atoms with Crippen LogP contribution in [0.4, 0.5) is 11.4 Å². The summed E-state index contributed by atoms with van der Waals surface area (Å²) in [5.41, 5.74) is 2.18. The zero-order chi connectivity index (χ0) is 10.8. The van der Waals surface area contributed by atoms with Crippen LogP contribution >= 0.6 is 0 Å². The molecule has 1 aliphatic rings. The molecule has 5 heteroatoms. The van der Waals surface area contributed by atoms with Crippen molar-refractivity contribution >= 4 is 23.3 Å². The molecular formula is C10H10N2O3. The maximum atomic E-state index is 11.0. The van der Waals surface area contributed by atoms with Crippen molar-refractivity contribution in [3.05, 3.63) is 23.8 Å². The number of aliphatic carboxylic acids is 1. The molecule has 0 saturated carbocycles. The third kappa shape index (κ3) is 2.07. The predicted molar refractivity (Wildman–Crippen MR) is 54.9 cm³/mol. The number of carboxylic acid groups (broad SMARTS) is 1. The van der Waals surface area contributed by atoms with Gasteiger partial charge in [0.1, 0.15) is 0 Å². The van der Waals surface area contributed by atoms with Gasteiger partial charge < -0.3 is 15.7 Å². The lowest BCUT2D eigenvalue weighted by molar-refractivity contribution is -0.136. The molecule has 0 unspecified atom stereocenters. The van der Waals surface area contributed by atoms with E-state index in [1.165, 1.54) is 0 Å². The second-order valence-corrected chi connectivity index (χ2v) is 3.35. The van der Waals surface area contributed by atoms with Gasteiger partial charge in [-0.1, -0.05) is 6.07 Å². The molecule has 1 aromatic carbocycles. The monoisotopic (exact) mass is 206 g/mol. The SMILES string of the molecule is O=C(O)Cc1ccc2c(c1)NCC(=O)N2. The van der Waals surface area contributed by atoms with Gasteiger partial charge in [0.25, 0.3) is 0 Å². The van der Waals surface area contributed by atoms with Crippen LogP contribution in [-0.4, -0.2) is 23.5 Å². The summed E-state index contributed by atoms with van der Waals surface area (Å²) >= 11 is 0. The molecule has 15 heavy (non-hydrogen) atoms. The highest BCUT2D eigenvalue weighted by molar-refractivity contribution is 6.00. The number of carbonyl (C=O) groups is 2. The number of hydrogen-bond acceptors (Lipinski definition) is 3. The molecule has 3 N–H and O–H groups in total. The predicted octanol–water partition coefficient (Wildman–Crippen LogP) is 0.678. The van der Waals surface area contributed by atoms with E-state index >= 15 is 0 Å². The molecule has 1 heterocycles. The summed E-state index contributed by atoms with van der Waals surface area (Å²) in [6.45, 7) is 0.226. The van der Waals surface area contributed by atoms with Crippen molar-refractivity contribution in [3.63, 3.8) is 0 Å². The average molecular weight is 206 g/mol. The van der Waals surface area contributed by atoms with Gasteiger partial charge in [-0.25, -0.2) is 0 Å². The number of nitrogens with one attached hydrogen (secondary N) is 2. The van der Waals surface area contributed by atoms with Gasteiger partial charge >= 0.3 is 5.97 Å². The van der Waals surface area contributed by atoms with Gasteiger partial charge in [0.2, 0.25) is 5.91 Å². The number of fused-ring (bicyclic) bond motifs is 1. The third-order valence-corrected chi connectivity index (χ3v) is 2.15. The van der Waals surface area contributed by atoms with Crippen molar-refractivity contribution in [1.29, 1.82) is 0 Å². The van der Waals surface area contributed by atoms with Crippen molar-refractivity contribution in [3.8, 4) is 0 Å². The van der Waals surface area contributed by atoms with E-state index in [9.17, 15) is 9.59 Å². The molecule has 0 bridgehead atoms. The van der Waals surface area contributed by atoms with Crippen LogP contribution in [0.2, 0.25) is 0 Å². The standard InChI is InChI=1S/C10H10N2O3/c13-9-5-11-8-3-6(4-10(14)15)1-2-7(8)12-9/h1-3,11H,4-5H2,(H,12,13)(H,14,15). The Morgan fingerprint density at radius 2 is 2.20 bits per heavy atom. The normalized spacial score (nSPS) is 13.7. The maximum Gasteiger partial charge on any atom is 0.307 e. The highest BCUT2D eigenvalue weighted by Gasteiger charge is 2.14. The molecule has 0 aliphatic carbocycles. The zero-order valence-electron chi connectivity index (χ0n) is 7.91. The molecule has 0 radical (unpaired) electrons. The summed E-state index contributed by atoms with van der Waals surface area (Å²) in [5, 5.41) is 14.2. The van der Waals surface area contributed by atoms with Gasteiger partial charge in [-0.15, -0.1) is 0 Å². The molecule has 1 aromatic rings. The second kappa shape index (κ2) is 3.61. The second-order valence-electron chi connectivity index (χ2n) is 3.35. The Hall–Kier alpha value is -2.04. The van der Waals surface area contributed by atoms with E-state index in [1.54, 1.807) is 18.2 Å². The first-order chi connectivity index (χ1) is 7.15. The molecular weight excluding hydrogens is 196 g/mol. The Bertz CT molecular complexity index is 429. The Kier molecular flexibility index (Phi) is 2.29. The molecule has 2 rings (SSSR count). The van der Waals surface area contributed by atoms with Crippen molar-refractivity contribution in [2.45, 2.75) is 6.42 Å². The van der Waals surface area contributed by atoms with Crippen molar-refractivity contribution in [1.82, 2.24) is 0 Å². The van der Waals surface area contributed by atoms with Gasteiger partial charge in [0, 0.05) is 0 Å². The maximum absolute atomic E-state index is 11.0. The fourth-order valence-corrected chi connectivity index (χ4v) is 1.50. The quantitative estimate of drug-likeness (QED) is 0.664. The fourth-order valence-electron chi connectivity index (χ4n) is 1.50. The van der Waals surface area contributed by atoms with Crippen molar-refractivity contribution < 1.29 is 14.7 Å². The minimum atomic E-state index is -0.866. The Morgan fingerprint density at radius 3 is 2.93 bits per heavy atom. The summed E-state index contributed by atoms with van der Waals surface area (Å²) < 4.78 is 0. The van der Waals surface area contributed by atoms with Crippen molar-refractivity contribution in [2.75, 3.05) is 17.2 Å². The number of amides is 1. The van der Waals surface area contributed by atoms with Gasteiger partial charge in [-0.05, 0) is 17.7 Å². The molecule has 5 nitrogen and oxygen atoms in total. The van der Waals surface area contributed by atoms with Crippen LogP contribution in [0.3, 0.4) is 0 Å². The van der Waals surface area contributed by atoms with E-state index in [-0.39, 0.29) is 18.9 Å². The summed E-state index contributed by atoms with van der Waals surface area (Å²) in [6, 6.07) is 5.14. The Labute approximate surface area is 86.1 Å². The van der Waals surface area contributed by atoms with Crippen molar-refractivity contribution in [2.24, 2.45) is 0 Å². The van der Waals surface area contributed by atoms with Crippen LogP contribution in [-0.2, 0) is 16.0 Å².